The molecule has 14 heteroatoms. The summed E-state index contributed by atoms with van der Waals surface area (Å²) in [6, 6.07) is 11.5. The summed E-state index contributed by atoms with van der Waals surface area (Å²) < 4.78 is 88.6. The summed E-state index contributed by atoms with van der Waals surface area (Å²) in [7, 11) is -0.996. The lowest BCUT2D eigenvalue weighted by Gasteiger charge is -2.29. The van der Waals surface area contributed by atoms with Crippen LogP contribution in [0.1, 0.15) is 35.5 Å². The Morgan fingerprint density at radius 3 is 2.35 bits per heavy atom. The Morgan fingerprint density at radius 2 is 1.75 bits per heavy atom. The van der Waals surface area contributed by atoms with Crippen molar-refractivity contribution < 1.29 is 45.4 Å². The van der Waals surface area contributed by atoms with Gasteiger partial charge in [-0.05, 0) is 67.7 Å². The summed E-state index contributed by atoms with van der Waals surface area (Å²) in [6.45, 7) is 3.24. The quantitative estimate of drug-likeness (QED) is 0.111. The maximum Gasteiger partial charge on any atom is 0.573 e. The molecule has 0 saturated carbocycles. The van der Waals surface area contributed by atoms with Crippen LogP contribution < -0.4 is 14.4 Å². The zero-order valence-corrected chi connectivity index (χ0v) is 21.7. The van der Waals surface area contributed by atoms with Crippen LogP contribution in [-0.4, -0.2) is 35.1 Å². The molecule has 1 aliphatic rings. The number of carbonyl (C=O) groups excluding carboxylic acids is 2. The first-order valence-electron chi connectivity index (χ1n) is 11.7. The number of anilines is 3. The second kappa shape index (κ2) is 11.2. The number of alkyl halides is 6. The van der Waals surface area contributed by atoms with Gasteiger partial charge in [-0.25, -0.2) is 9.78 Å². The number of Topliss-reactive ketones (excluding diaryl/α,β-unsaturated/α-hetero) is 1. The topological polar surface area (TPSA) is 80.8 Å². The highest BCUT2D eigenvalue weighted by Crippen LogP contribution is 2.45. The van der Waals surface area contributed by atoms with Gasteiger partial charge in [0.15, 0.2) is 0 Å². The van der Waals surface area contributed by atoms with Crippen LogP contribution in [0.15, 0.2) is 59.5 Å². The van der Waals surface area contributed by atoms with Crippen LogP contribution in [0.3, 0.4) is 0 Å². The number of hydrogen-bond acceptors (Lipinski definition) is 7. The number of nitrogens with zero attached hydrogens (tertiary/aromatic N) is 2. The van der Waals surface area contributed by atoms with E-state index in [1.165, 1.54) is 36.4 Å². The molecule has 0 amide bonds. The van der Waals surface area contributed by atoms with Gasteiger partial charge in [-0.1, -0.05) is 16.7 Å². The van der Waals surface area contributed by atoms with Crippen molar-refractivity contribution in [2.45, 2.75) is 37.8 Å². The van der Waals surface area contributed by atoms with Crippen LogP contribution >= 0.6 is 10.7 Å². The average molecular weight is 586 g/mol. The second-order valence-electron chi connectivity index (χ2n) is 8.21. The molecule has 3 aromatic rings. The fourth-order valence-corrected chi connectivity index (χ4v) is 5.73. The predicted molar refractivity (Wildman–Crippen MR) is 137 cm³/mol. The molecular weight excluding hydrogens is 564 g/mol. The van der Waals surface area contributed by atoms with E-state index < -0.39 is 46.4 Å². The number of ether oxygens (including phenoxy) is 2. The molecule has 0 fully saturated rings. The molecule has 1 aliphatic heterocycles. The SMILES string of the molecule is C/C=S(\c1ccc(OC(F)(F)F)cc1)N1Cc2ccc(C(F)(F)F)nc2Nc2ccc(C(=O)C(=O)OCC)cc21. The van der Waals surface area contributed by atoms with Gasteiger partial charge in [-0.15, -0.1) is 13.2 Å². The van der Waals surface area contributed by atoms with Crippen LogP contribution in [0.2, 0.25) is 0 Å². The van der Waals surface area contributed by atoms with Crippen LogP contribution in [0, 0.1) is 0 Å². The Morgan fingerprint density at radius 1 is 1.05 bits per heavy atom. The standard InChI is InChI=1S/C26H21F6N3O4S/c1-3-38-24(37)22(36)15-5-11-19-20(13-15)35(14-16-6-12-21(25(27,28)29)34-23(16)33-19)40(4-2)18-9-7-17(8-10-18)39-26(30,31)32/h4-13H,3,14H2,1-2H3,(H,33,34). The van der Waals surface area contributed by atoms with E-state index in [4.69, 9.17) is 4.74 Å². The van der Waals surface area contributed by atoms with Crippen molar-refractivity contribution in [3.63, 3.8) is 0 Å². The number of benzene rings is 2. The third-order valence-electron chi connectivity index (χ3n) is 5.59. The molecule has 212 valence electrons. The molecule has 1 unspecified atom stereocenters. The Bertz CT molecular complexity index is 1470. The van der Waals surface area contributed by atoms with Crippen molar-refractivity contribution in [1.29, 1.82) is 0 Å². The first-order chi connectivity index (χ1) is 18.8. The smallest absolute Gasteiger partial charge is 0.460 e. The van der Waals surface area contributed by atoms with Gasteiger partial charge < -0.3 is 19.1 Å². The minimum absolute atomic E-state index is 0.00573. The number of carbonyl (C=O) groups is 2. The Kier molecular flexibility index (Phi) is 8.10. The van der Waals surface area contributed by atoms with Gasteiger partial charge in [-0.3, -0.25) is 4.79 Å². The first-order valence-corrected chi connectivity index (χ1v) is 12.9. The van der Waals surface area contributed by atoms with Crippen molar-refractivity contribution >= 4 is 45.0 Å². The third kappa shape index (κ3) is 6.38. The molecule has 4 rings (SSSR count). The highest BCUT2D eigenvalue weighted by Gasteiger charge is 2.34. The number of halogens is 6. The average Bonchev–Trinajstić information content (AvgIpc) is 3.04. The fraction of sp³-hybridized carbons (Fsp3) is 0.231. The minimum atomic E-state index is -4.87. The lowest BCUT2D eigenvalue weighted by atomic mass is 10.1. The molecule has 0 bridgehead atoms. The predicted octanol–water partition coefficient (Wildman–Crippen LogP) is 6.87. The molecule has 0 saturated heterocycles. The van der Waals surface area contributed by atoms with E-state index in [0.717, 1.165) is 18.2 Å². The molecular formula is C26H21F6N3O4S. The number of aromatic nitrogens is 1. The van der Waals surface area contributed by atoms with Crippen LogP contribution in [0.4, 0.5) is 43.5 Å². The summed E-state index contributed by atoms with van der Waals surface area (Å²) in [6.07, 6.45) is -9.56. The summed E-state index contributed by atoms with van der Waals surface area (Å²) in [4.78, 5) is 29.1. The van der Waals surface area contributed by atoms with Gasteiger partial charge in [0.25, 0.3) is 5.78 Å². The first kappa shape index (κ1) is 28.9. The van der Waals surface area contributed by atoms with E-state index in [0.29, 0.717) is 21.8 Å². The summed E-state index contributed by atoms with van der Waals surface area (Å²) in [5.41, 5.74) is -0.100. The van der Waals surface area contributed by atoms with Gasteiger partial charge in [0.05, 0.1) is 24.5 Å². The Balaban J connectivity index is 1.83. The number of ketones is 1. The van der Waals surface area contributed by atoms with E-state index in [2.05, 4.69) is 15.0 Å². The minimum Gasteiger partial charge on any atom is -0.460 e. The van der Waals surface area contributed by atoms with Crippen molar-refractivity contribution in [2.24, 2.45) is 0 Å². The monoisotopic (exact) mass is 585 g/mol. The van der Waals surface area contributed by atoms with E-state index in [1.807, 2.05) is 0 Å². The van der Waals surface area contributed by atoms with Crippen LogP contribution in [0.25, 0.3) is 0 Å². The zero-order valence-electron chi connectivity index (χ0n) is 20.9. The van der Waals surface area contributed by atoms with Crippen LogP contribution in [-0.2, 0) is 22.3 Å². The summed E-state index contributed by atoms with van der Waals surface area (Å²) in [5.74, 6) is -2.48. The van der Waals surface area contributed by atoms with Crippen LogP contribution in [0.5, 0.6) is 5.75 Å². The number of hydrogen-bond donors (Lipinski definition) is 1. The lowest BCUT2D eigenvalue weighted by molar-refractivity contribution is -0.274. The van der Waals surface area contributed by atoms with Gasteiger partial charge in [-0.2, -0.15) is 13.2 Å². The van der Waals surface area contributed by atoms with E-state index >= 15 is 0 Å². The Hall–Kier alpha value is -4.07. The maximum absolute atomic E-state index is 13.4. The molecule has 7 nitrogen and oxygen atoms in total. The molecule has 0 spiro atoms. The van der Waals surface area contributed by atoms with Crippen molar-refractivity contribution in [3.05, 3.63) is 71.4 Å². The van der Waals surface area contributed by atoms with E-state index in [9.17, 15) is 35.9 Å². The van der Waals surface area contributed by atoms with Gasteiger partial charge in [0, 0.05) is 16.0 Å². The summed E-state index contributed by atoms with van der Waals surface area (Å²) >= 11 is 0. The lowest BCUT2D eigenvalue weighted by Crippen LogP contribution is -2.20. The van der Waals surface area contributed by atoms with Crippen molar-refractivity contribution in [1.82, 2.24) is 4.98 Å². The normalized spacial score (nSPS) is 13.9. The molecule has 0 radical (unpaired) electrons. The number of fused-ring (bicyclic) bond motifs is 2. The van der Waals surface area contributed by atoms with Crippen molar-refractivity contribution in [2.75, 3.05) is 16.2 Å². The summed E-state index contributed by atoms with van der Waals surface area (Å²) in [5, 5.41) is 4.65. The Labute approximate surface area is 226 Å². The molecule has 40 heavy (non-hydrogen) atoms. The second-order valence-corrected chi connectivity index (χ2v) is 10.2. The number of pyridine rings is 1. The van der Waals surface area contributed by atoms with Crippen molar-refractivity contribution in [3.8, 4) is 5.75 Å². The maximum atomic E-state index is 13.4. The van der Waals surface area contributed by atoms with E-state index in [-0.39, 0.29) is 24.5 Å². The largest absolute Gasteiger partial charge is 0.573 e. The zero-order chi connectivity index (χ0) is 29.2. The number of esters is 1. The molecule has 1 atom stereocenters. The highest BCUT2D eigenvalue weighted by molar-refractivity contribution is 8.16. The highest BCUT2D eigenvalue weighted by atomic mass is 32.2. The van der Waals surface area contributed by atoms with Gasteiger partial charge >= 0.3 is 18.5 Å². The molecule has 2 heterocycles. The molecule has 0 aliphatic carbocycles. The molecule has 1 aromatic heterocycles. The van der Waals surface area contributed by atoms with E-state index in [1.54, 1.807) is 23.5 Å². The molecule has 2 aromatic carbocycles. The number of nitrogens with one attached hydrogen (secondary N) is 1. The van der Waals surface area contributed by atoms with Gasteiger partial charge in [0.1, 0.15) is 17.3 Å². The van der Waals surface area contributed by atoms with Gasteiger partial charge in [0.2, 0.25) is 0 Å². The fourth-order valence-electron chi connectivity index (χ4n) is 3.90. The third-order valence-corrected chi connectivity index (χ3v) is 7.59. The molecule has 1 N–H and O–H groups in total. The number of rotatable bonds is 6.